The number of hydrogen-bond donors (Lipinski definition) is 1. The first-order valence-electron chi connectivity index (χ1n) is 11.1. The van der Waals surface area contributed by atoms with Crippen LogP contribution in [0.2, 0.25) is 0 Å². The molecule has 0 bridgehead atoms. The number of pyridine rings is 1. The van der Waals surface area contributed by atoms with Crippen LogP contribution in [0.1, 0.15) is 19.8 Å². The summed E-state index contributed by atoms with van der Waals surface area (Å²) in [4.78, 5) is 14.6. The van der Waals surface area contributed by atoms with Crippen LogP contribution in [0, 0.1) is 0 Å². The molecular weight excluding hydrogens is 455 g/mol. The number of sulfone groups is 1. The number of nitrogens with one attached hydrogen (secondary N) is 1. The van der Waals surface area contributed by atoms with Gasteiger partial charge in [0.1, 0.15) is 17.6 Å². The van der Waals surface area contributed by atoms with Gasteiger partial charge in [-0.1, -0.05) is 6.07 Å². The summed E-state index contributed by atoms with van der Waals surface area (Å²) in [6.07, 6.45) is 3.53. The highest BCUT2D eigenvalue weighted by atomic mass is 32.2. The van der Waals surface area contributed by atoms with Gasteiger partial charge in [-0.05, 0) is 62.2 Å². The first kappa shape index (κ1) is 22.3. The lowest BCUT2D eigenvalue weighted by atomic mass is 10.1. The largest absolute Gasteiger partial charge is 0.455 e. The first-order chi connectivity index (χ1) is 16.3. The van der Waals surface area contributed by atoms with Gasteiger partial charge in [-0.3, -0.25) is 4.98 Å². The average molecular weight is 481 g/mol. The zero-order valence-electron chi connectivity index (χ0n) is 18.9. The highest BCUT2D eigenvalue weighted by molar-refractivity contribution is 7.90. The number of rotatable bonds is 6. The SMILES string of the molecule is CC(F)C1CCCN1c1cc2[nH]c(-c3ccccn3)nc2cc1Oc1ccc(S(C)(=O)=O)cc1. The van der Waals surface area contributed by atoms with E-state index in [1.54, 1.807) is 25.3 Å². The predicted molar refractivity (Wildman–Crippen MR) is 130 cm³/mol. The second-order valence-electron chi connectivity index (χ2n) is 8.56. The van der Waals surface area contributed by atoms with Crippen molar-refractivity contribution in [2.24, 2.45) is 0 Å². The molecule has 2 aromatic carbocycles. The van der Waals surface area contributed by atoms with Crippen LogP contribution >= 0.6 is 0 Å². The Morgan fingerprint density at radius 3 is 2.65 bits per heavy atom. The second-order valence-corrected chi connectivity index (χ2v) is 10.6. The molecule has 9 heteroatoms. The van der Waals surface area contributed by atoms with Crippen LogP contribution in [0.5, 0.6) is 11.5 Å². The Labute approximate surface area is 197 Å². The summed E-state index contributed by atoms with van der Waals surface area (Å²) >= 11 is 0. The summed E-state index contributed by atoms with van der Waals surface area (Å²) in [5, 5.41) is 0. The Bertz CT molecular complexity index is 1420. The van der Waals surface area contributed by atoms with Gasteiger partial charge in [-0.15, -0.1) is 0 Å². The number of halogens is 1. The van der Waals surface area contributed by atoms with Crippen molar-refractivity contribution >= 4 is 26.6 Å². The molecule has 7 nitrogen and oxygen atoms in total. The van der Waals surface area contributed by atoms with Gasteiger partial charge in [0.25, 0.3) is 0 Å². The van der Waals surface area contributed by atoms with Gasteiger partial charge in [0.2, 0.25) is 0 Å². The van der Waals surface area contributed by atoms with E-state index in [0.29, 0.717) is 22.8 Å². The van der Waals surface area contributed by atoms with E-state index in [0.717, 1.165) is 42.5 Å². The fraction of sp³-hybridized carbons (Fsp3) is 0.280. The van der Waals surface area contributed by atoms with E-state index in [9.17, 15) is 12.8 Å². The first-order valence-corrected chi connectivity index (χ1v) is 13.0. The topological polar surface area (TPSA) is 88.2 Å². The second kappa shape index (κ2) is 8.72. The zero-order valence-corrected chi connectivity index (χ0v) is 19.7. The molecule has 1 N–H and O–H groups in total. The zero-order chi connectivity index (χ0) is 23.9. The maximum Gasteiger partial charge on any atom is 0.175 e. The molecule has 176 valence electrons. The molecule has 4 aromatic rings. The van der Waals surface area contributed by atoms with E-state index in [1.165, 1.54) is 12.1 Å². The molecule has 2 atom stereocenters. The molecule has 3 heterocycles. The van der Waals surface area contributed by atoms with E-state index < -0.39 is 16.0 Å². The van der Waals surface area contributed by atoms with Crippen LogP contribution < -0.4 is 9.64 Å². The average Bonchev–Trinajstić information content (AvgIpc) is 3.46. The Hall–Kier alpha value is -3.46. The van der Waals surface area contributed by atoms with Crippen molar-refractivity contribution in [1.29, 1.82) is 0 Å². The highest BCUT2D eigenvalue weighted by Gasteiger charge is 2.32. The van der Waals surface area contributed by atoms with Gasteiger partial charge in [0.15, 0.2) is 21.4 Å². The molecule has 1 aliphatic heterocycles. The third kappa shape index (κ3) is 4.35. The van der Waals surface area contributed by atoms with Gasteiger partial charge < -0.3 is 14.6 Å². The third-order valence-corrected chi connectivity index (χ3v) is 7.22. The van der Waals surface area contributed by atoms with Crippen molar-refractivity contribution in [2.75, 3.05) is 17.7 Å². The van der Waals surface area contributed by atoms with Crippen LogP contribution in [0.15, 0.2) is 65.7 Å². The summed E-state index contributed by atoms with van der Waals surface area (Å²) < 4.78 is 44.2. The maximum atomic E-state index is 14.4. The smallest absolute Gasteiger partial charge is 0.175 e. The molecule has 1 saturated heterocycles. The number of H-pyrrole nitrogens is 1. The van der Waals surface area contributed by atoms with Crippen molar-refractivity contribution in [3.63, 3.8) is 0 Å². The lowest BCUT2D eigenvalue weighted by molar-refractivity contribution is 0.305. The van der Waals surface area contributed by atoms with E-state index in [2.05, 4.69) is 15.0 Å². The van der Waals surface area contributed by atoms with Crippen molar-refractivity contribution in [3.05, 3.63) is 60.8 Å². The van der Waals surface area contributed by atoms with Crippen molar-refractivity contribution in [1.82, 2.24) is 15.0 Å². The maximum absolute atomic E-state index is 14.4. The molecule has 0 amide bonds. The fourth-order valence-electron chi connectivity index (χ4n) is 4.41. The molecule has 2 unspecified atom stereocenters. The minimum absolute atomic E-state index is 0.216. The lowest BCUT2D eigenvalue weighted by Crippen LogP contribution is -2.35. The van der Waals surface area contributed by atoms with Crippen molar-refractivity contribution in [3.8, 4) is 23.0 Å². The summed E-state index contributed by atoms with van der Waals surface area (Å²) in [6.45, 7) is 2.30. The number of nitrogens with zero attached hydrogens (tertiary/aromatic N) is 3. The Morgan fingerprint density at radius 2 is 1.97 bits per heavy atom. The van der Waals surface area contributed by atoms with Crippen LogP contribution in [0.4, 0.5) is 10.1 Å². The number of aromatic amines is 1. The number of aromatic nitrogens is 3. The number of fused-ring (bicyclic) bond motifs is 1. The highest BCUT2D eigenvalue weighted by Crippen LogP contribution is 2.40. The molecule has 0 spiro atoms. The normalized spacial score (nSPS) is 17.3. The van der Waals surface area contributed by atoms with Gasteiger partial charge in [-0.25, -0.2) is 17.8 Å². The quantitative estimate of drug-likeness (QED) is 0.411. The van der Waals surface area contributed by atoms with Crippen LogP contribution in [-0.4, -0.2) is 48.4 Å². The molecule has 5 rings (SSSR count). The number of ether oxygens (including phenoxy) is 1. The van der Waals surface area contributed by atoms with Crippen LogP contribution in [-0.2, 0) is 9.84 Å². The molecule has 2 aromatic heterocycles. The van der Waals surface area contributed by atoms with Gasteiger partial charge in [0, 0.05) is 25.1 Å². The monoisotopic (exact) mass is 480 g/mol. The minimum Gasteiger partial charge on any atom is -0.455 e. The molecule has 0 saturated carbocycles. The number of anilines is 1. The molecule has 0 radical (unpaired) electrons. The summed E-state index contributed by atoms with van der Waals surface area (Å²) in [5.41, 5.74) is 2.97. The van der Waals surface area contributed by atoms with E-state index in [1.807, 2.05) is 35.2 Å². The van der Waals surface area contributed by atoms with Gasteiger partial charge in [-0.2, -0.15) is 0 Å². The fourth-order valence-corrected chi connectivity index (χ4v) is 5.04. The summed E-state index contributed by atoms with van der Waals surface area (Å²) in [7, 11) is -3.31. The van der Waals surface area contributed by atoms with E-state index in [4.69, 9.17) is 4.74 Å². The number of hydrogen-bond acceptors (Lipinski definition) is 6. The van der Waals surface area contributed by atoms with Crippen molar-refractivity contribution in [2.45, 2.75) is 36.9 Å². The number of benzene rings is 2. The molecule has 0 aliphatic carbocycles. The Kier molecular flexibility index (Phi) is 5.73. The molecular formula is C25H25FN4O3S. The number of imidazole rings is 1. The number of alkyl halides is 1. The molecule has 1 aliphatic rings. The van der Waals surface area contributed by atoms with E-state index in [-0.39, 0.29) is 10.9 Å². The van der Waals surface area contributed by atoms with E-state index >= 15 is 0 Å². The Morgan fingerprint density at radius 1 is 1.18 bits per heavy atom. The van der Waals surface area contributed by atoms with Crippen molar-refractivity contribution < 1.29 is 17.5 Å². The Balaban J connectivity index is 1.59. The minimum atomic E-state index is -3.31. The summed E-state index contributed by atoms with van der Waals surface area (Å²) in [5.74, 6) is 1.65. The lowest BCUT2D eigenvalue weighted by Gasteiger charge is -2.29. The van der Waals surface area contributed by atoms with Crippen LogP contribution in [0.25, 0.3) is 22.6 Å². The molecule has 34 heavy (non-hydrogen) atoms. The summed E-state index contributed by atoms with van der Waals surface area (Å²) in [6, 6.07) is 15.4. The van der Waals surface area contributed by atoms with Gasteiger partial charge in [0.05, 0.1) is 27.7 Å². The van der Waals surface area contributed by atoms with Crippen LogP contribution in [0.3, 0.4) is 0 Å². The van der Waals surface area contributed by atoms with Gasteiger partial charge >= 0.3 is 0 Å². The molecule has 1 fully saturated rings. The third-order valence-electron chi connectivity index (χ3n) is 6.09. The standard InChI is InChI=1S/C25H25FN4O3S/c1-16(26)22-7-5-13-30(22)23-14-20-21(29-25(28-20)19-6-3-4-12-27-19)15-24(23)33-17-8-10-18(11-9-17)34(2,31)32/h3-4,6,8-12,14-16,22H,5,7,13H2,1-2H3,(H,28,29). The predicted octanol–water partition coefficient (Wildman–Crippen LogP) is 5.15.